The molecule has 0 atom stereocenters. The van der Waals surface area contributed by atoms with Gasteiger partial charge in [-0.2, -0.15) is 0 Å². The number of phenolic OH excluding ortho intramolecular Hbond substituents is 1. The maximum atomic E-state index is 13.1. The van der Waals surface area contributed by atoms with Crippen molar-refractivity contribution in [3.05, 3.63) is 71.3 Å². The molecule has 0 unspecified atom stereocenters. The zero-order valence-electron chi connectivity index (χ0n) is 18.5. The minimum absolute atomic E-state index is 0.0390. The first-order valence-electron chi connectivity index (χ1n) is 10.8. The van der Waals surface area contributed by atoms with Crippen molar-refractivity contribution in [2.24, 2.45) is 0 Å². The summed E-state index contributed by atoms with van der Waals surface area (Å²) in [6, 6.07) is 14.5. The van der Waals surface area contributed by atoms with E-state index >= 15 is 0 Å². The summed E-state index contributed by atoms with van der Waals surface area (Å²) in [6.07, 6.45) is 0. The number of rotatable bonds is 4. The van der Waals surface area contributed by atoms with Crippen molar-refractivity contribution in [2.75, 3.05) is 26.2 Å². The molecule has 32 heavy (non-hydrogen) atoms. The number of amides is 2. The SMILES string of the molecule is Cc1nc(C(=O)N2CCN(C(=O)c3ccccc3O)CC2)nn1-c1ccccc1C(C)C. The van der Waals surface area contributed by atoms with Gasteiger partial charge < -0.3 is 14.9 Å². The third-order valence-corrected chi connectivity index (χ3v) is 5.74. The van der Waals surface area contributed by atoms with Gasteiger partial charge in [0.15, 0.2) is 0 Å². The number of nitrogens with zero attached hydrogens (tertiary/aromatic N) is 5. The Hall–Kier alpha value is -3.68. The molecule has 8 heteroatoms. The lowest BCUT2D eigenvalue weighted by atomic mass is 10.0. The van der Waals surface area contributed by atoms with Crippen molar-refractivity contribution in [3.8, 4) is 11.4 Å². The van der Waals surface area contributed by atoms with Crippen LogP contribution in [0.3, 0.4) is 0 Å². The lowest BCUT2D eigenvalue weighted by molar-refractivity contribution is 0.0527. The highest BCUT2D eigenvalue weighted by atomic mass is 16.3. The highest BCUT2D eigenvalue weighted by Crippen LogP contribution is 2.23. The smallest absolute Gasteiger partial charge is 0.293 e. The molecule has 0 saturated carbocycles. The fourth-order valence-corrected chi connectivity index (χ4v) is 3.96. The molecule has 1 N–H and O–H groups in total. The molecule has 3 aromatic rings. The average Bonchev–Trinajstić information content (AvgIpc) is 3.20. The van der Waals surface area contributed by atoms with Crippen molar-refractivity contribution in [2.45, 2.75) is 26.7 Å². The van der Waals surface area contributed by atoms with Crippen molar-refractivity contribution >= 4 is 11.8 Å². The van der Waals surface area contributed by atoms with E-state index in [1.165, 1.54) is 6.07 Å². The highest BCUT2D eigenvalue weighted by Gasteiger charge is 2.29. The topological polar surface area (TPSA) is 91.6 Å². The second-order valence-electron chi connectivity index (χ2n) is 8.21. The number of phenols is 1. The molecule has 0 bridgehead atoms. The maximum absolute atomic E-state index is 13.1. The van der Waals surface area contributed by atoms with E-state index in [4.69, 9.17) is 0 Å². The van der Waals surface area contributed by atoms with E-state index in [0.717, 1.165) is 11.3 Å². The van der Waals surface area contributed by atoms with E-state index in [-0.39, 0.29) is 29.0 Å². The molecule has 1 aromatic heterocycles. The molecule has 0 aliphatic carbocycles. The number of hydrogen-bond acceptors (Lipinski definition) is 5. The van der Waals surface area contributed by atoms with Gasteiger partial charge in [0.1, 0.15) is 11.6 Å². The summed E-state index contributed by atoms with van der Waals surface area (Å²) in [5.74, 6) is 0.588. The Kier molecular flexibility index (Phi) is 5.94. The van der Waals surface area contributed by atoms with Crippen LogP contribution in [0.15, 0.2) is 48.5 Å². The monoisotopic (exact) mass is 433 g/mol. The second kappa shape index (κ2) is 8.82. The van der Waals surface area contributed by atoms with Gasteiger partial charge in [-0.15, -0.1) is 5.10 Å². The largest absolute Gasteiger partial charge is 0.507 e. The van der Waals surface area contributed by atoms with E-state index in [0.29, 0.717) is 37.9 Å². The van der Waals surface area contributed by atoms with Crippen molar-refractivity contribution in [3.63, 3.8) is 0 Å². The molecule has 8 nitrogen and oxygen atoms in total. The summed E-state index contributed by atoms with van der Waals surface area (Å²) < 4.78 is 1.72. The van der Waals surface area contributed by atoms with Gasteiger partial charge in [0.05, 0.1) is 11.3 Å². The Morgan fingerprint density at radius 2 is 1.50 bits per heavy atom. The Morgan fingerprint density at radius 3 is 2.16 bits per heavy atom. The van der Waals surface area contributed by atoms with Crippen LogP contribution in [0.1, 0.15) is 52.1 Å². The first kappa shape index (κ1) is 21.5. The van der Waals surface area contributed by atoms with Crippen LogP contribution >= 0.6 is 0 Å². The maximum Gasteiger partial charge on any atom is 0.293 e. The van der Waals surface area contributed by atoms with Crippen LogP contribution in [0.25, 0.3) is 5.69 Å². The lowest BCUT2D eigenvalue weighted by Gasteiger charge is -2.34. The predicted molar refractivity (Wildman–Crippen MR) is 120 cm³/mol. The van der Waals surface area contributed by atoms with E-state index < -0.39 is 0 Å². The number of piperazine rings is 1. The lowest BCUT2D eigenvalue weighted by Crippen LogP contribution is -2.50. The van der Waals surface area contributed by atoms with Crippen molar-refractivity contribution in [1.82, 2.24) is 24.6 Å². The highest BCUT2D eigenvalue weighted by molar-refractivity contribution is 5.97. The molecule has 0 radical (unpaired) electrons. The minimum atomic E-state index is -0.247. The average molecular weight is 434 g/mol. The number of carbonyl (C=O) groups excluding carboxylic acids is 2. The van der Waals surface area contributed by atoms with E-state index in [9.17, 15) is 14.7 Å². The van der Waals surface area contributed by atoms with Gasteiger partial charge in [0, 0.05) is 26.2 Å². The third kappa shape index (κ3) is 4.08. The zero-order chi connectivity index (χ0) is 22.8. The van der Waals surface area contributed by atoms with Crippen LogP contribution in [0.2, 0.25) is 0 Å². The molecule has 2 amide bonds. The molecule has 1 aliphatic heterocycles. The van der Waals surface area contributed by atoms with Crippen LogP contribution in [0, 0.1) is 6.92 Å². The molecule has 0 spiro atoms. The summed E-state index contributed by atoms with van der Waals surface area (Å²) in [5, 5.41) is 14.5. The minimum Gasteiger partial charge on any atom is -0.507 e. The van der Waals surface area contributed by atoms with Gasteiger partial charge in [0.25, 0.3) is 11.8 Å². The molecule has 1 saturated heterocycles. The number of hydrogen-bond donors (Lipinski definition) is 1. The third-order valence-electron chi connectivity index (χ3n) is 5.74. The van der Waals surface area contributed by atoms with Crippen LogP contribution in [-0.4, -0.2) is 67.7 Å². The molecule has 1 fully saturated rings. The summed E-state index contributed by atoms with van der Waals surface area (Å²) in [5.41, 5.74) is 2.33. The summed E-state index contributed by atoms with van der Waals surface area (Å²) in [7, 11) is 0. The van der Waals surface area contributed by atoms with E-state index in [1.54, 1.807) is 32.7 Å². The number of benzene rings is 2. The molecule has 2 heterocycles. The fourth-order valence-electron chi connectivity index (χ4n) is 3.96. The van der Waals surface area contributed by atoms with Gasteiger partial charge >= 0.3 is 0 Å². The van der Waals surface area contributed by atoms with Crippen molar-refractivity contribution < 1.29 is 14.7 Å². The number of aryl methyl sites for hydroxylation is 1. The summed E-state index contributed by atoms with van der Waals surface area (Å²) in [6.45, 7) is 7.61. The van der Waals surface area contributed by atoms with Crippen LogP contribution in [0.4, 0.5) is 0 Å². The summed E-state index contributed by atoms with van der Waals surface area (Å²) in [4.78, 5) is 33.5. The molecule has 1 aliphatic rings. The van der Waals surface area contributed by atoms with E-state index in [2.05, 4.69) is 30.0 Å². The number of aromatic hydroxyl groups is 1. The molecular formula is C24H27N5O3. The molecule has 2 aromatic carbocycles. The molecular weight excluding hydrogens is 406 g/mol. The van der Waals surface area contributed by atoms with Gasteiger partial charge in [-0.05, 0) is 36.6 Å². The normalized spacial score (nSPS) is 14.1. The van der Waals surface area contributed by atoms with Gasteiger partial charge in [-0.3, -0.25) is 9.59 Å². The zero-order valence-corrected chi connectivity index (χ0v) is 18.5. The quantitative estimate of drug-likeness (QED) is 0.683. The molecule has 4 rings (SSSR count). The van der Waals surface area contributed by atoms with Crippen LogP contribution in [-0.2, 0) is 0 Å². The number of aromatic nitrogens is 3. The summed E-state index contributed by atoms with van der Waals surface area (Å²) >= 11 is 0. The van der Waals surface area contributed by atoms with Gasteiger partial charge in [-0.25, -0.2) is 9.67 Å². The standard InChI is InChI=1S/C24H27N5O3/c1-16(2)18-8-4-6-10-20(18)29-17(3)25-22(26-29)24(32)28-14-12-27(13-15-28)23(31)19-9-5-7-11-21(19)30/h4-11,16,30H,12-15H2,1-3H3. The van der Waals surface area contributed by atoms with Crippen LogP contribution in [0.5, 0.6) is 5.75 Å². The predicted octanol–water partition coefficient (Wildman–Crippen LogP) is 3.00. The number of para-hydroxylation sites is 2. The first-order valence-corrected chi connectivity index (χ1v) is 10.8. The second-order valence-corrected chi connectivity index (χ2v) is 8.21. The molecule has 166 valence electrons. The number of carbonyl (C=O) groups is 2. The van der Waals surface area contributed by atoms with E-state index in [1.807, 2.05) is 25.1 Å². The van der Waals surface area contributed by atoms with Gasteiger partial charge in [-0.1, -0.05) is 44.2 Å². The Labute approximate surface area is 187 Å². The van der Waals surface area contributed by atoms with Crippen LogP contribution < -0.4 is 0 Å². The Morgan fingerprint density at radius 1 is 0.906 bits per heavy atom. The van der Waals surface area contributed by atoms with Gasteiger partial charge in [0.2, 0.25) is 5.82 Å². The fraction of sp³-hybridized carbons (Fsp3) is 0.333. The Balaban J connectivity index is 1.47. The van der Waals surface area contributed by atoms with Crippen molar-refractivity contribution in [1.29, 1.82) is 0 Å². The Bertz CT molecular complexity index is 1150. The first-order chi connectivity index (χ1) is 15.4.